The van der Waals surface area contributed by atoms with Crippen molar-refractivity contribution in [3.05, 3.63) is 118 Å². The summed E-state index contributed by atoms with van der Waals surface area (Å²) >= 11 is 6.34. The highest BCUT2D eigenvalue weighted by Crippen LogP contribution is 2.58. The van der Waals surface area contributed by atoms with Gasteiger partial charge in [-0.1, -0.05) is 29.8 Å². The predicted octanol–water partition coefficient (Wildman–Crippen LogP) is 6.65. The Hall–Kier alpha value is -4.43. The number of fused-ring (bicyclic) bond motifs is 2. The molecule has 2 aliphatic rings. The minimum atomic E-state index is -1.48. The zero-order valence-electron chi connectivity index (χ0n) is 21.2. The van der Waals surface area contributed by atoms with Crippen molar-refractivity contribution in [1.29, 1.82) is 0 Å². The summed E-state index contributed by atoms with van der Waals surface area (Å²) in [4.78, 5) is 27.4. The summed E-state index contributed by atoms with van der Waals surface area (Å²) < 4.78 is 40.6. The molecule has 6 rings (SSSR count). The van der Waals surface area contributed by atoms with Crippen LogP contribution in [0.25, 0.3) is 0 Å². The van der Waals surface area contributed by atoms with Gasteiger partial charge in [0.15, 0.2) is 0 Å². The van der Waals surface area contributed by atoms with Crippen LogP contribution in [0.2, 0.25) is 5.02 Å². The molecule has 2 aliphatic heterocycles. The van der Waals surface area contributed by atoms with Crippen LogP contribution in [0.5, 0.6) is 17.2 Å². The number of ether oxygens (including phenoxy) is 2. The number of halogens is 3. The van der Waals surface area contributed by atoms with Crippen LogP contribution >= 0.6 is 11.6 Å². The highest BCUT2D eigenvalue weighted by atomic mass is 35.5. The maximum Gasteiger partial charge on any atom is 0.238 e. The fraction of sp³-hybridized carbons (Fsp3) is 0.161. The van der Waals surface area contributed by atoms with E-state index in [-0.39, 0.29) is 29.3 Å². The van der Waals surface area contributed by atoms with Crippen molar-refractivity contribution in [1.82, 2.24) is 5.32 Å². The van der Waals surface area contributed by atoms with Crippen LogP contribution in [0.4, 0.5) is 14.5 Å². The van der Waals surface area contributed by atoms with Crippen molar-refractivity contribution >= 4 is 29.1 Å². The van der Waals surface area contributed by atoms with Gasteiger partial charge in [-0.05, 0) is 77.9 Å². The molecule has 0 radical (unpaired) electrons. The van der Waals surface area contributed by atoms with Crippen molar-refractivity contribution in [2.75, 3.05) is 12.4 Å². The molecule has 6 nitrogen and oxygen atoms in total. The molecule has 9 heteroatoms. The highest BCUT2D eigenvalue weighted by Gasteiger charge is 2.61. The molecule has 40 heavy (non-hydrogen) atoms. The fourth-order valence-electron chi connectivity index (χ4n) is 5.88. The summed E-state index contributed by atoms with van der Waals surface area (Å²) in [6.07, 6.45) is -0.0505. The SMILES string of the molecule is COc1ccc(Oc2ccc(F)cc2C2NC(=O)CC(c3cccc(Cl)c3)C23C(=O)Nc2cc(F)ccc23)cc1. The number of benzene rings is 4. The summed E-state index contributed by atoms with van der Waals surface area (Å²) in [6.45, 7) is 0. The van der Waals surface area contributed by atoms with Gasteiger partial charge in [0.25, 0.3) is 0 Å². The van der Waals surface area contributed by atoms with E-state index < -0.39 is 34.9 Å². The standard InChI is InChI=1S/C31H23ClF2N2O4/c1-39-21-7-9-22(10-8-21)40-27-12-6-19(33)14-23(27)29-31(24-11-5-20(34)15-26(24)35-30(31)38)25(16-28(37)36-29)17-3-2-4-18(32)13-17/h2-15,25,29H,16H2,1H3,(H,35,38)(H,36,37). The first kappa shape index (κ1) is 25.8. The molecular formula is C31H23ClF2N2O4. The molecule has 0 bridgehead atoms. The number of amides is 2. The summed E-state index contributed by atoms with van der Waals surface area (Å²) in [5, 5.41) is 6.19. The number of rotatable bonds is 5. The van der Waals surface area contributed by atoms with Gasteiger partial charge >= 0.3 is 0 Å². The van der Waals surface area contributed by atoms with E-state index in [1.54, 1.807) is 55.6 Å². The molecule has 0 saturated carbocycles. The quantitative estimate of drug-likeness (QED) is 0.286. The Balaban J connectivity index is 1.58. The fourth-order valence-corrected chi connectivity index (χ4v) is 6.08. The number of hydrogen-bond donors (Lipinski definition) is 2. The van der Waals surface area contributed by atoms with Crippen molar-refractivity contribution in [2.24, 2.45) is 0 Å². The molecular weight excluding hydrogens is 538 g/mol. The Kier molecular flexibility index (Phi) is 6.43. The molecule has 0 aliphatic carbocycles. The number of anilines is 1. The lowest BCUT2D eigenvalue weighted by atomic mass is 9.59. The van der Waals surface area contributed by atoms with E-state index >= 15 is 0 Å². The predicted molar refractivity (Wildman–Crippen MR) is 146 cm³/mol. The number of nitrogens with one attached hydrogen (secondary N) is 2. The minimum Gasteiger partial charge on any atom is -0.497 e. The molecule has 0 aromatic heterocycles. The maximum atomic E-state index is 14.9. The Morgan fingerprint density at radius 1 is 0.900 bits per heavy atom. The molecule has 202 valence electrons. The van der Waals surface area contributed by atoms with Crippen molar-refractivity contribution in [3.63, 3.8) is 0 Å². The van der Waals surface area contributed by atoms with Crippen LogP contribution < -0.4 is 20.1 Å². The van der Waals surface area contributed by atoms with Gasteiger partial charge in [-0.15, -0.1) is 0 Å². The van der Waals surface area contributed by atoms with Gasteiger partial charge < -0.3 is 20.1 Å². The van der Waals surface area contributed by atoms with Crippen LogP contribution in [-0.4, -0.2) is 18.9 Å². The second-order valence-corrected chi connectivity index (χ2v) is 10.2. The molecule has 1 fully saturated rings. The zero-order chi connectivity index (χ0) is 28.0. The first-order valence-electron chi connectivity index (χ1n) is 12.6. The van der Waals surface area contributed by atoms with E-state index in [1.165, 1.54) is 36.4 Å². The first-order chi connectivity index (χ1) is 19.3. The van der Waals surface area contributed by atoms with E-state index in [4.69, 9.17) is 21.1 Å². The van der Waals surface area contributed by atoms with Gasteiger partial charge in [-0.2, -0.15) is 0 Å². The van der Waals surface area contributed by atoms with Crippen LogP contribution in [0, 0.1) is 11.6 Å². The third kappa shape index (κ3) is 4.25. The van der Waals surface area contributed by atoms with Crippen molar-refractivity contribution < 1.29 is 27.8 Å². The van der Waals surface area contributed by atoms with E-state index in [9.17, 15) is 18.4 Å². The molecule has 1 spiro atoms. The monoisotopic (exact) mass is 560 g/mol. The molecule has 3 unspecified atom stereocenters. The molecule has 4 aromatic carbocycles. The molecule has 4 aromatic rings. The topological polar surface area (TPSA) is 76.7 Å². The Morgan fingerprint density at radius 2 is 1.62 bits per heavy atom. The molecule has 2 heterocycles. The number of carbonyl (C=O) groups excluding carboxylic acids is 2. The van der Waals surface area contributed by atoms with Gasteiger partial charge in [0.1, 0.15) is 34.3 Å². The van der Waals surface area contributed by atoms with Crippen molar-refractivity contribution in [2.45, 2.75) is 23.8 Å². The van der Waals surface area contributed by atoms with E-state index in [2.05, 4.69) is 10.6 Å². The summed E-state index contributed by atoms with van der Waals surface area (Å²) in [5.74, 6) is -1.31. The van der Waals surface area contributed by atoms with Gasteiger partial charge in [0.05, 0.1) is 13.2 Å². The van der Waals surface area contributed by atoms with Crippen LogP contribution in [0.3, 0.4) is 0 Å². The minimum absolute atomic E-state index is 0.0505. The lowest BCUT2D eigenvalue weighted by Gasteiger charge is -2.46. The smallest absolute Gasteiger partial charge is 0.238 e. The highest BCUT2D eigenvalue weighted by molar-refractivity contribution is 6.30. The molecule has 1 saturated heterocycles. The maximum absolute atomic E-state index is 14.9. The normalized spacial score (nSPS) is 21.5. The number of methoxy groups -OCH3 is 1. The van der Waals surface area contributed by atoms with E-state index in [0.29, 0.717) is 27.6 Å². The Morgan fingerprint density at radius 3 is 2.38 bits per heavy atom. The summed E-state index contributed by atoms with van der Waals surface area (Å²) in [5.41, 5.74) is 0.186. The van der Waals surface area contributed by atoms with Gasteiger partial charge in [0, 0.05) is 28.6 Å². The van der Waals surface area contributed by atoms with Gasteiger partial charge in [0.2, 0.25) is 11.8 Å². The lowest BCUT2D eigenvalue weighted by molar-refractivity contribution is -0.131. The largest absolute Gasteiger partial charge is 0.497 e. The number of carbonyl (C=O) groups is 2. The molecule has 3 atom stereocenters. The van der Waals surface area contributed by atoms with E-state index in [1.807, 2.05) is 0 Å². The van der Waals surface area contributed by atoms with Crippen LogP contribution in [0.15, 0.2) is 84.9 Å². The Bertz CT molecular complexity index is 1650. The second kappa shape index (κ2) is 9.95. The first-order valence-corrected chi connectivity index (χ1v) is 12.9. The number of hydrogen-bond acceptors (Lipinski definition) is 4. The van der Waals surface area contributed by atoms with Crippen LogP contribution in [0.1, 0.15) is 35.1 Å². The third-order valence-corrected chi connectivity index (χ3v) is 7.81. The summed E-state index contributed by atoms with van der Waals surface area (Å²) in [7, 11) is 1.55. The van der Waals surface area contributed by atoms with E-state index in [0.717, 1.165) is 0 Å². The van der Waals surface area contributed by atoms with Crippen molar-refractivity contribution in [3.8, 4) is 17.2 Å². The van der Waals surface area contributed by atoms with Crippen LogP contribution in [-0.2, 0) is 15.0 Å². The van der Waals surface area contributed by atoms with Gasteiger partial charge in [-0.25, -0.2) is 8.78 Å². The molecule has 2 amide bonds. The average molecular weight is 561 g/mol. The Labute approximate surface area is 233 Å². The third-order valence-electron chi connectivity index (χ3n) is 7.57. The lowest BCUT2D eigenvalue weighted by Crippen LogP contribution is -2.56. The molecule has 2 N–H and O–H groups in total. The number of piperidine rings is 1. The average Bonchev–Trinajstić information content (AvgIpc) is 3.22. The zero-order valence-corrected chi connectivity index (χ0v) is 22.0. The second-order valence-electron chi connectivity index (χ2n) is 9.79. The summed E-state index contributed by atoms with van der Waals surface area (Å²) in [6, 6.07) is 20.7. The van der Waals surface area contributed by atoms with Gasteiger partial charge in [-0.3, -0.25) is 9.59 Å².